The van der Waals surface area contributed by atoms with E-state index in [0.29, 0.717) is 31.6 Å². The SMILES string of the molecule is COc1ccccc1CCNC(=O)c1cccc(S(=O)(=O)N2C[C@H](C)O[C@@H](C)C2)c1. The van der Waals surface area contributed by atoms with Gasteiger partial charge in [-0.2, -0.15) is 4.31 Å². The first kappa shape index (κ1) is 22.3. The van der Waals surface area contributed by atoms with E-state index < -0.39 is 10.0 Å². The minimum atomic E-state index is -3.70. The summed E-state index contributed by atoms with van der Waals surface area (Å²) in [6, 6.07) is 13.8. The number of morpholine rings is 1. The summed E-state index contributed by atoms with van der Waals surface area (Å²) in [5.74, 6) is 0.458. The Morgan fingerprint density at radius 3 is 2.53 bits per heavy atom. The molecule has 2 aromatic rings. The van der Waals surface area contributed by atoms with E-state index in [1.165, 1.54) is 16.4 Å². The van der Waals surface area contributed by atoms with Crippen molar-refractivity contribution in [1.29, 1.82) is 0 Å². The summed E-state index contributed by atoms with van der Waals surface area (Å²) in [6.07, 6.45) is 0.257. The number of benzene rings is 2. The molecule has 1 saturated heterocycles. The van der Waals surface area contributed by atoms with Gasteiger partial charge < -0.3 is 14.8 Å². The van der Waals surface area contributed by atoms with Crippen molar-refractivity contribution in [1.82, 2.24) is 9.62 Å². The lowest BCUT2D eigenvalue weighted by atomic mass is 10.1. The molecule has 162 valence electrons. The Morgan fingerprint density at radius 1 is 1.13 bits per heavy atom. The highest BCUT2D eigenvalue weighted by Crippen LogP contribution is 2.22. The van der Waals surface area contributed by atoms with Crippen molar-refractivity contribution in [3.8, 4) is 5.75 Å². The molecule has 1 N–H and O–H groups in total. The number of rotatable bonds is 7. The maximum absolute atomic E-state index is 13.0. The number of sulfonamides is 1. The average molecular weight is 433 g/mol. The van der Waals surface area contributed by atoms with Gasteiger partial charge in [-0.1, -0.05) is 24.3 Å². The predicted molar refractivity (Wildman–Crippen MR) is 114 cm³/mol. The normalized spacial score (nSPS) is 20.0. The van der Waals surface area contributed by atoms with E-state index >= 15 is 0 Å². The molecular formula is C22H28N2O5S. The second-order valence-corrected chi connectivity index (χ2v) is 9.36. The van der Waals surface area contributed by atoms with E-state index in [4.69, 9.17) is 9.47 Å². The van der Waals surface area contributed by atoms with Crippen LogP contribution in [0.5, 0.6) is 5.75 Å². The number of ether oxygens (including phenoxy) is 2. The van der Waals surface area contributed by atoms with Crippen LogP contribution in [0, 0.1) is 0 Å². The summed E-state index contributed by atoms with van der Waals surface area (Å²) >= 11 is 0. The molecule has 1 fully saturated rings. The van der Waals surface area contributed by atoms with Gasteiger partial charge in [-0.05, 0) is 50.1 Å². The monoisotopic (exact) mass is 432 g/mol. The summed E-state index contributed by atoms with van der Waals surface area (Å²) in [5.41, 5.74) is 1.30. The Kier molecular flexibility index (Phi) is 7.12. The van der Waals surface area contributed by atoms with E-state index in [1.54, 1.807) is 19.2 Å². The van der Waals surface area contributed by atoms with Gasteiger partial charge in [-0.3, -0.25) is 4.79 Å². The molecule has 0 aromatic heterocycles. The fraction of sp³-hybridized carbons (Fsp3) is 0.409. The number of methoxy groups -OCH3 is 1. The van der Waals surface area contributed by atoms with Crippen LogP contribution in [0.4, 0.5) is 0 Å². The molecule has 7 nitrogen and oxygen atoms in total. The molecule has 30 heavy (non-hydrogen) atoms. The van der Waals surface area contributed by atoms with Crippen LogP contribution in [-0.2, 0) is 21.2 Å². The fourth-order valence-corrected chi connectivity index (χ4v) is 5.23. The molecule has 0 saturated carbocycles. The molecule has 1 amide bonds. The zero-order valence-electron chi connectivity index (χ0n) is 17.5. The smallest absolute Gasteiger partial charge is 0.251 e. The third-order valence-corrected chi connectivity index (χ3v) is 6.82. The Balaban J connectivity index is 1.67. The van der Waals surface area contributed by atoms with Crippen molar-refractivity contribution in [2.24, 2.45) is 0 Å². The van der Waals surface area contributed by atoms with Crippen LogP contribution in [0.3, 0.4) is 0 Å². The number of carbonyl (C=O) groups is 1. The van der Waals surface area contributed by atoms with Gasteiger partial charge in [0, 0.05) is 25.2 Å². The first-order valence-electron chi connectivity index (χ1n) is 9.97. The molecule has 8 heteroatoms. The minimum Gasteiger partial charge on any atom is -0.496 e. The number of amides is 1. The predicted octanol–water partition coefficient (Wildman–Crippen LogP) is 2.47. The topological polar surface area (TPSA) is 84.9 Å². The number of carbonyl (C=O) groups excluding carboxylic acids is 1. The maximum Gasteiger partial charge on any atom is 0.251 e. The Bertz CT molecular complexity index is 983. The van der Waals surface area contributed by atoms with Gasteiger partial charge in [-0.15, -0.1) is 0 Å². The van der Waals surface area contributed by atoms with Crippen molar-refractivity contribution < 1.29 is 22.7 Å². The highest BCUT2D eigenvalue weighted by molar-refractivity contribution is 7.89. The summed E-state index contributed by atoms with van der Waals surface area (Å²) in [7, 11) is -2.09. The molecule has 1 aliphatic heterocycles. The van der Waals surface area contributed by atoms with Crippen LogP contribution in [0.25, 0.3) is 0 Å². The maximum atomic E-state index is 13.0. The second-order valence-electron chi connectivity index (χ2n) is 7.42. The van der Waals surface area contributed by atoms with E-state index in [0.717, 1.165) is 11.3 Å². The zero-order chi connectivity index (χ0) is 21.7. The van der Waals surface area contributed by atoms with Crippen LogP contribution < -0.4 is 10.1 Å². The van der Waals surface area contributed by atoms with Gasteiger partial charge in [-0.25, -0.2) is 8.42 Å². The van der Waals surface area contributed by atoms with Crippen molar-refractivity contribution in [2.45, 2.75) is 37.4 Å². The van der Waals surface area contributed by atoms with Crippen molar-refractivity contribution in [3.05, 3.63) is 59.7 Å². The third-order valence-electron chi connectivity index (χ3n) is 4.99. The van der Waals surface area contributed by atoms with E-state index in [9.17, 15) is 13.2 Å². The molecule has 1 aliphatic rings. The molecule has 3 rings (SSSR count). The summed E-state index contributed by atoms with van der Waals surface area (Å²) in [5, 5.41) is 2.85. The van der Waals surface area contributed by atoms with Crippen LogP contribution in [-0.4, -0.2) is 57.6 Å². The average Bonchev–Trinajstić information content (AvgIpc) is 2.73. The third kappa shape index (κ3) is 5.19. The molecule has 0 unspecified atom stereocenters. The van der Waals surface area contributed by atoms with Crippen molar-refractivity contribution >= 4 is 15.9 Å². The van der Waals surface area contributed by atoms with Crippen LogP contribution in [0.15, 0.2) is 53.4 Å². The largest absolute Gasteiger partial charge is 0.496 e. The summed E-state index contributed by atoms with van der Waals surface area (Å²) in [4.78, 5) is 12.7. The van der Waals surface area contributed by atoms with E-state index in [-0.39, 0.29) is 23.0 Å². The quantitative estimate of drug-likeness (QED) is 0.727. The fourth-order valence-electron chi connectivity index (χ4n) is 3.60. The number of para-hydroxylation sites is 1. The number of hydrogen-bond donors (Lipinski definition) is 1. The van der Waals surface area contributed by atoms with E-state index in [1.807, 2.05) is 38.1 Å². The molecular weight excluding hydrogens is 404 g/mol. The van der Waals surface area contributed by atoms with E-state index in [2.05, 4.69) is 5.32 Å². The summed E-state index contributed by atoms with van der Waals surface area (Å²) in [6.45, 7) is 4.70. The van der Waals surface area contributed by atoms with Crippen molar-refractivity contribution in [2.75, 3.05) is 26.7 Å². The van der Waals surface area contributed by atoms with Gasteiger partial charge in [0.05, 0.1) is 24.2 Å². The number of nitrogens with zero attached hydrogens (tertiary/aromatic N) is 1. The lowest BCUT2D eigenvalue weighted by Crippen LogP contribution is -2.48. The Hall–Kier alpha value is -2.42. The number of hydrogen-bond acceptors (Lipinski definition) is 5. The minimum absolute atomic E-state index is 0.112. The van der Waals surface area contributed by atoms with Gasteiger partial charge in [0.1, 0.15) is 5.75 Å². The lowest BCUT2D eigenvalue weighted by molar-refractivity contribution is -0.0440. The molecule has 0 radical (unpaired) electrons. The second kappa shape index (κ2) is 9.59. The standard InChI is InChI=1S/C22H28N2O5S/c1-16-14-24(15-17(2)29-16)30(26,27)20-9-6-8-19(13-20)22(25)23-12-11-18-7-4-5-10-21(18)28-3/h4-10,13,16-17H,11-12,14-15H2,1-3H3,(H,23,25)/t16-,17-/m0/s1. The molecule has 2 atom stereocenters. The lowest BCUT2D eigenvalue weighted by Gasteiger charge is -2.34. The van der Waals surface area contributed by atoms with Gasteiger partial charge >= 0.3 is 0 Å². The van der Waals surface area contributed by atoms with Crippen LogP contribution >= 0.6 is 0 Å². The van der Waals surface area contributed by atoms with Crippen LogP contribution in [0.2, 0.25) is 0 Å². The number of nitrogens with one attached hydrogen (secondary N) is 1. The molecule has 0 spiro atoms. The molecule has 1 heterocycles. The molecule has 0 aliphatic carbocycles. The Morgan fingerprint density at radius 2 is 1.83 bits per heavy atom. The van der Waals surface area contributed by atoms with Crippen LogP contribution in [0.1, 0.15) is 29.8 Å². The Labute approximate surface area is 178 Å². The zero-order valence-corrected chi connectivity index (χ0v) is 18.3. The van der Waals surface area contributed by atoms with Gasteiger partial charge in [0.15, 0.2) is 0 Å². The molecule has 2 aromatic carbocycles. The highest BCUT2D eigenvalue weighted by Gasteiger charge is 2.32. The first-order chi connectivity index (χ1) is 14.3. The highest BCUT2D eigenvalue weighted by atomic mass is 32.2. The summed E-state index contributed by atoms with van der Waals surface area (Å²) < 4.78 is 38.5. The van der Waals surface area contributed by atoms with Gasteiger partial charge in [0.2, 0.25) is 10.0 Å². The van der Waals surface area contributed by atoms with Gasteiger partial charge in [0.25, 0.3) is 5.91 Å². The van der Waals surface area contributed by atoms with Crippen molar-refractivity contribution in [3.63, 3.8) is 0 Å². The molecule has 0 bridgehead atoms. The first-order valence-corrected chi connectivity index (χ1v) is 11.4.